The first kappa shape index (κ1) is 18.9. The second-order valence-corrected chi connectivity index (χ2v) is 8.18. The zero-order valence-electron chi connectivity index (χ0n) is 15.6. The minimum Gasteiger partial charge on any atom is -0.360 e. The molecule has 142 valence electrons. The maximum absolute atomic E-state index is 12.5. The largest absolute Gasteiger partial charge is 0.360 e. The molecule has 1 aromatic carbocycles. The molecule has 0 spiro atoms. The van der Waals surface area contributed by atoms with Crippen molar-refractivity contribution in [1.82, 2.24) is 10.1 Å². The average molecular weight is 386 g/mol. The van der Waals surface area contributed by atoms with E-state index in [0.29, 0.717) is 11.6 Å². The number of hydrogen-bond donors (Lipinski definition) is 2. The number of para-hydroxylation sites is 1. The van der Waals surface area contributed by atoms with Gasteiger partial charge in [0.2, 0.25) is 0 Å². The third-order valence-corrected chi connectivity index (χ3v) is 5.70. The predicted octanol–water partition coefficient (Wildman–Crippen LogP) is 4.35. The Labute approximate surface area is 158 Å². The van der Waals surface area contributed by atoms with Crippen LogP contribution in [0.1, 0.15) is 36.8 Å². The lowest BCUT2D eigenvalue weighted by Crippen LogP contribution is -2.15. The summed E-state index contributed by atoms with van der Waals surface area (Å²) in [6.07, 6.45) is 1.59. The van der Waals surface area contributed by atoms with E-state index in [9.17, 15) is 8.42 Å². The Bertz CT molecular complexity index is 1020. The molecule has 0 radical (unpaired) electrons. The molecule has 2 N–H and O–H groups in total. The first-order valence-electron chi connectivity index (χ1n) is 8.55. The molecule has 0 bridgehead atoms. The molecule has 3 rings (SSSR count). The van der Waals surface area contributed by atoms with Gasteiger partial charge in [-0.25, -0.2) is 13.4 Å². The minimum absolute atomic E-state index is 0.0392. The molecule has 27 heavy (non-hydrogen) atoms. The van der Waals surface area contributed by atoms with Crippen molar-refractivity contribution in [3.63, 3.8) is 0 Å². The summed E-state index contributed by atoms with van der Waals surface area (Å²) >= 11 is 0. The molecule has 2 aromatic heterocycles. The number of anilines is 3. The summed E-state index contributed by atoms with van der Waals surface area (Å²) in [4.78, 5) is 4.24. The SMILES string of the molecule is Cc1noc(C)c1S(=O)(=O)Nc1ccc(Nc2ccccc2C(C)C)cn1. The van der Waals surface area contributed by atoms with Crippen molar-refractivity contribution in [2.75, 3.05) is 10.0 Å². The molecule has 0 amide bonds. The topological polar surface area (TPSA) is 97.1 Å². The highest BCUT2D eigenvalue weighted by molar-refractivity contribution is 7.92. The summed E-state index contributed by atoms with van der Waals surface area (Å²) in [7, 11) is -3.81. The van der Waals surface area contributed by atoms with Gasteiger partial charge in [0.25, 0.3) is 10.0 Å². The molecule has 8 heteroatoms. The molecule has 0 atom stereocenters. The van der Waals surface area contributed by atoms with Crippen LogP contribution in [-0.4, -0.2) is 18.6 Å². The van der Waals surface area contributed by atoms with Crippen LogP contribution in [0.2, 0.25) is 0 Å². The fourth-order valence-corrected chi connectivity index (χ4v) is 4.18. The molecular formula is C19H22N4O3S. The van der Waals surface area contributed by atoms with Crippen molar-refractivity contribution < 1.29 is 12.9 Å². The van der Waals surface area contributed by atoms with Crippen molar-refractivity contribution in [3.8, 4) is 0 Å². The van der Waals surface area contributed by atoms with Gasteiger partial charge in [0.05, 0.1) is 11.9 Å². The van der Waals surface area contributed by atoms with E-state index in [1.54, 1.807) is 32.2 Å². The van der Waals surface area contributed by atoms with Gasteiger partial charge in [-0.15, -0.1) is 0 Å². The number of nitrogens with zero attached hydrogens (tertiary/aromatic N) is 2. The van der Waals surface area contributed by atoms with Crippen LogP contribution in [-0.2, 0) is 10.0 Å². The van der Waals surface area contributed by atoms with Crippen LogP contribution in [0.5, 0.6) is 0 Å². The Hall–Kier alpha value is -2.87. The van der Waals surface area contributed by atoms with E-state index in [0.717, 1.165) is 11.4 Å². The molecule has 0 fully saturated rings. The van der Waals surface area contributed by atoms with Crippen molar-refractivity contribution in [3.05, 3.63) is 59.6 Å². The molecule has 2 heterocycles. The highest BCUT2D eigenvalue weighted by atomic mass is 32.2. The maximum Gasteiger partial charge on any atom is 0.268 e. The number of hydrogen-bond acceptors (Lipinski definition) is 6. The van der Waals surface area contributed by atoms with Crippen LogP contribution in [0, 0.1) is 13.8 Å². The summed E-state index contributed by atoms with van der Waals surface area (Å²) in [6, 6.07) is 11.4. The van der Waals surface area contributed by atoms with Gasteiger partial charge in [-0.2, -0.15) is 0 Å². The molecule has 0 unspecified atom stereocenters. The van der Waals surface area contributed by atoms with E-state index in [1.165, 1.54) is 5.56 Å². The summed E-state index contributed by atoms with van der Waals surface area (Å²) in [5, 5.41) is 7.01. The lowest BCUT2D eigenvalue weighted by atomic mass is 10.0. The lowest BCUT2D eigenvalue weighted by Gasteiger charge is -2.14. The first-order chi connectivity index (χ1) is 12.8. The van der Waals surface area contributed by atoms with Crippen molar-refractivity contribution in [1.29, 1.82) is 0 Å². The monoisotopic (exact) mass is 386 g/mol. The van der Waals surface area contributed by atoms with E-state index >= 15 is 0 Å². The molecule has 0 saturated heterocycles. The summed E-state index contributed by atoms with van der Waals surface area (Å²) in [5.74, 6) is 0.837. The van der Waals surface area contributed by atoms with E-state index in [4.69, 9.17) is 4.52 Å². The van der Waals surface area contributed by atoms with Crippen LogP contribution in [0.15, 0.2) is 52.0 Å². The predicted molar refractivity (Wildman–Crippen MR) is 105 cm³/mol. The first-order valence-corrected chi connectivity index (χ1v) is 10.0. The van der Waals surface area contributed by atoms with E-state index in [1.807, 2.05) is 18.2 Å². The molecule has 7 nitrogen and oxygen atoms in total. The second-order valence-electron chi connectivity index (χ2n) is 6.56. The minimum atomic E-state index is -3.81. The second kappa shape index (κ2) is 7.40. The number of benzene rings is 1. The third-order valence-electron chi connectivity index (χ3n) is 4.10. The van der Waals surface area contributed by atoms with Gasteiger partial charge < -0.3 is 9.84 Å². The average Bonchev–Trinajstić information content (AvgIpc) is 2.96. The van der Waals surface area contributed by atoms with E-state index in [2.05, 4.69) is 40.1 Å². The van der Waals surface area contributed by atoms with Gasteiger partial charge in [0.1, 0.15) is 11.5 Å². The summed E-state index contributed by atoms with van der Waals surface area (Å²) in [5.41, 5.74) is 3.27. The number of aromatic nitrogens is 2. The Morgan fingerprint density at radius 2 is 1.81 bits per heavy atom. The Morgan fingerprint density at radius 3 is 2.41 bits per heavy atom. The number of pyridine rings is 1. The lowest BCUT2D eigenvalue weighted by molar-refractivity contribution is 0.390. The Balaban J connectivity index is 1.79. The van der Waals surface area contributed by atoms with Crippen LogP contribution in [0.4, 0.5) is 17.2 Å². The number of sulfonamides is 1. The van der Waals surface area contributed by atoms with Crippen LogP contribution < -0.4 is 10.0 Å². The van der Waals surface area contributed by atoms with Crippen molar-refractivity contribution in [2.45, 2.75) is 38.5 Å². The third kappa shape index (κ3) is 4.11. The molecule has 0 aliphatic heterocycles. The normalized spacial score (nSPS) is 11.6. The van der Waals surface area contributed by atoms with E-state index < -0.39 is 10.0 Å². The Morgan fingerprint density at radius 1 is 1.07 bits per heavy atom. The Kier molecular flexibility index (Phi) is 5.18. The number of nitrogens with one attached hydrogen (secondary N) is 2. The quantitative estimate of drug-likeness (QED) is 0.653. The van der Waals surface area contributed by atoms with Gasteiger partial charge in [-0.1, -0.05) is 37.2 Å². The van der Waals surface area contributed by atoms with Gasteiger partial charge in [0, 0.05) is 5.69 Å². The van der Waals surface area contributed by atoms with Gasteiger partial charge in [0.15, 0.2) is 10.7 Å². The van der Waals surface area contributed by atoms with E-state index in [-0.39, 0.29) is 16.5 Å². The van der Waals surface area contributed by atoms with Gasteiger partial charge in [-0.05, 0) is 43.5 Å². The fraction of sp³-hybridized carbons (Fsp3) is 0.263. The fourth-order valence-electron chi connectivity index (χ4n) is 2.84. The zero-order chi connectivity index (χ0) is 19.6. The highest BCUT2D eigenvalue weighted by Crippen LogP contribution is 2.27. The summed E-state index contributed by atoms with van der Waals surface area (Å²) in [6.45, 7) is 7.40. The van der Waals surface area contributed by atoms with Crippen LogP contribution >= 0.6 is 0 Å². The number of aryl methyl sites for hydroxylation is 2. The molecule has 0 saturated carbocycles. The van der Waals surface area contributed by atoms with Crippen LogP contribution in [0.25, 0.3) is 0 Å². The smallest absolute Gasteiger partial charge is 0.268 e. The molecular weight excluding hydrogens is 364 g/mol. The van der Waals surface area contributed by atoms with Crippen molar-refractivity contribution in [2.24, 2.45) is 0 Å². The molecule has 0 aliphatic carbocycles. The van der Waals surface area contributed by atoms with Gasteiger partial charge in [-0.3, -0.25) is 4.72 Å². The molecule has 0 aliphatic rings. The molecule has 3 aromatic rings. The highest BCUT2D eigenvalue weighted by Gasteiger charge is 2.24. The van der Waals surface area contributed by atoms with Crippen LogP contribution in [0.3, 0.4) is 0 Å². The maximum atomic E-state index is 12.5. The van der Waals surface area contributed by atoms with Crippen molar-refractivity contribution >= 4 is 27.2 Å². The standard InChI is InChI=1S/C19H22N4O3S/c1-12(2)16-7-5-6-8-17(16)21-15-9-10-18(20-11-15)23-27(24,25)19-13(3)22-26-14(19)4/h5-12,21H,1-4H3,(H,20,23). The number of rotatable bonds is 6. The zero-order valence-corrected chi connectivity index (χ0v) is 16.5. The summed E-state index contributed by atoms with van der Waals surface area (Å²) < 4.78 is 32.5. The van der Waals surface area contributed by atoms with Gasteiger partial charge >= 0.3 is 0 Å².